The van der Waals surface area contributed by atoms with Crippen LogP contribution in [0.3, 0.4) is 0 Å². The van der Waals surface area contributed by atoms with Crippen molar-refractivity contribution < 1.29 is 17.9 Å². The predicted octanol–water partition coefficient (Wildman–Crippen LogP) is 6.07. The second kappa shape index (κ2) is 10.1. The van der Waals surface area contributed by atoms with Crippen LogP contribution in [0, 0.1) is 0 Å². The summed E-state index contributed by atoms with van der Waals surface area (Å²) in [5, 5.41) is 0.733. The van der Waals surface area contributed by atoms with E-state index in [0.717, 1.165) is 18.4 Å². The maximum atomic E-state index is 12.5. The Balaban J connectivity index is 1.70. The number of halogens is 2. The third kappa shape index (κ3) is 6.78. The smallest absolute Gasteiger partial charge is 0.410 e. The summed E-state index contributed by atoms with van der Waals surface area (Å²) in [5.41, 5.74) is 1.80. The maximum Gasteiger partial charge on any atom is 0.410 e. The standard InChI is InChI=1S/C24H30Cl2N2O4S/c1-24(2,3)32-23(29)27-14-12-18(13-15-27)17-8-10-20(11-9-17)28(33(4,30)31)16-19-6-5-7-21(25)22(19)26/h5-11,18H,12-16H2,1-4H3. The number of likely N-dealkylation sites (tertiary alicyclic amines) is 1. The molecule has 180 valence electrons. The molecule has 0 unspecified atom stereocenters. The summed E-state index contributed by atoms with van der Waals surface area (Å²) in [5.74, 6) is 0.298. The van der Waals surface area contributed by atoms with Crippen LogP contribution in [-0.2, 0) is 21.3 Å². The van der Waals surface area contributed by atoms with Gasteiger partial charge in [-0.1, -0.05) is 47.5 Å². The van der Waals surface area contributed by atoms with E-state index in [1.165, 1.54) is 10.6 Å². The number of sulfonamides is 1. The molecule has 9 heteroatoms. The summed E-state index contributed by atoms with van der Waals surface area (Å²) in [6, 6.07) is 12.7. The topological polar surface area (TPSA) is 66.9 Å². The lowest BCUT2D eigenvalue weighted by Gasteiger charge is -2.33. The zero-order chi connectivity index (χ0) is 24.4. The molecule has 0 atom stereocenters. The highest BCUT2D eigenvalue weighted by molar-refractivity contribution is 7.92. The summed E-state index contributed by atoms with van der Waals surface area (Å²) in [6.07, 6.45) is 2.55. The lowest BCUT2D eigenvalue weighted by Crippen LogP contribution is -2.41. The van der Waals surface area contributed by atoms with Gasteiger partial charge < -0.3 is 9.64 Å². The van der Waals surface area contributed by atoms with Crippen LogP contribution in [0.2, 0.25) is 10.0 Å². The second-order valence-electron chi connectivity index (χ2n) is 9.32. The van der Waals surface area contributed by atoms with Crippen LogP contribution >= 0.6 is 23.2 Å². The van der Waals surface area contributed by atoms with Crippen molar-refractivity contribution >= 4 is 45.0 Å². The number of hydrogen-bond donors (Lipinski definition) is 0. The van der Waals surface area contributed by atoms with Crippen molar-refractivity contribution in [3.05, 3.63) is 63.6 Å². The van der Waals surface area contributed by atoms with Crippen LogP contribution in [0.15, 0.2) is 42.5 Å². The molecule has 0 aromatic heterocycles. The van der Waals surface area contributed by atoms with E-state index in [1.807, 2.05) is 45.0 Å². The molecule has 6 nitrogen and oxygen atoms in total. The van der Waals surface area contributed by atoms with Crippen LogP contribution in [-0.4, -0.2) is 44.4 Å². The first-order chi connectivity index (χ1) is 15.3. The molecule has 1 heterocycles. The van der Waals surface area contributed by atoms with Crippen molar-refractivity contribution in [1.82, 2.24) is 4.90 Å². The predicted molar refractivity (Wildman–Crippen MR) is 134 cm³/mol. The first kappa shape index (κ1) is 25.7. The molecule has 0 radical (unpaired) electrons. The fourth-order valence-corrected chi connectivity index (χ4v) is 5.12. The van der Waals surface area contributed by atoms with Crippen molar-refractivity contribution in [1.29, 1.82) is 0 Å². The van der Waals surface area contributed by atoms with Gasteiger partial charge in [0.15, 0.2) is 0 Å². The third-order valence-corrected chi connectivity index (χ3v) is 7.54. The van der Waals surface area contributed by atoms with Gasteiger partial charge in [0.2, 0.25) is 10.0 Å². The number of ether oxygens (including phenoxy) is 1. The average Bonchev–Trinajstić information content (AvgIpc) is 2.73. The van der Waals surface area contributed by atoms with Gasteiger partial charge in [-0.25, -0.2) is 13.2 Å². The van der Waals surface area contributed by atoms with E-state index in [9.17, 15) is 13.2 Å². The zero-order valence-corrected chi connectivity index (χ0v) is 21.7. The lowest BCUT2D eigenvalue weighted by atomic mass is 9.89. The number of carbonyl (C=O) groups excluding carboxylic acids is 1. The number of carbonyl (C=O) groups is 1. The number of benzene rings is 2. The van der Waals surface area contributed by atoms with Crippen LogP contribution in [0.5, 0.6) is 0 Å². The molecule has 1 aliphatic heterocycles. The van der Waals surface area contributed by atoms with Crippen molar-refractivity contribution in [2.45, 2.75) is 51.7 Å². The van der Waals surface area contributed by atoms with Crippen LogP contribution < -0.4 is 4.31 Å². The SMILES string of the molecule is CC(C)(C)OC(=O)N1CCC(c2ccc(N(Cc3cccc(Cl)c3Cl)S(C)(=O)=O)cc2)CC1. The average molecular weight is 513 g/mol. The van der Waals surface area contributed by atoms with Gasteiger partial charge >= 0.3 is 6.09 Å². The zero-order valence-electron chi connectivity index (χ0n) is 19.3. The number of hydrogen-bond acceptors (Lipinski definition) is 4. The maximum absolute atomic E-state index is 12.5. The Morgan fingerprint density at radius 3 is 2.24 bits per heavy atom. The Morgan fingerprint density at radius 2 is 1.70 bits per heavy atom. The first-order valence-corrected chi connectivity index (χ1v) is 13.4. The molecule has 2 aromatic rings. The molecule has 0 spiro atoms. The summed E-state index contributed by atoms with van der Waals surface area (Å²) in [6.45, 7) is 6.93. The van der Waals surface area contributed by atoms with E-state index in [0.29, 0.717) is 40.3 Å². The van der Waals surface area contributed by atoms with Crippen LogP contribution in [0.1, 0.15) is 50.7 Å². The number of anilines is 1. The number of nitrogens with zero attached hydrogens (tertiary/aromatic N) is 2. The van der Waals surface area contributed by atoms with Crippen molar-refractivity contribution in [2.75, 3.05) is 23.7 Å². The molecule has 1 saturated heterocycles. The molecule has 0 N–H and O–H groups in total. The van der Waals surface area contributed by atoms with E-state index in [1.54, 1.807) is 23.1 Å². The minimum atomic E-state index is -3.54. The van der Waals surface area contributed by atoms with E-state index < -0.39 is 15.6 Å². The van der Waals surface area contributed by atoms with Gasteiger partial charge in [-0.3, -0.25) is 4.31 Å². The van der Waals surface area contributed by atoms with Crippen molar-refractivity contribution in [3.63, 3.8) is 0 Å². The molecule has 0 aliphatic carbocycles. The highest BCUT2D eigenvalue weighted by Gasteiger charge is 2.28. The first-order valence-electron chi connectivity index (χ1n) is 10.8. The van der Waals surface area contributed by atoms with Crippen molar-refractivity contribution in [2.24, 2.45) is 0 Å². The Bertz CT molecular complexity index is 1090. The highest BCUT2D eigenvalue weighted by Crippen LogP contribution is 2.32. The largest absolute Gasteiger partial charge is 0.444 e. The van der Waals surface area contributed by atoms with Gasteiger partial charge in [0.1, 0.15) is 5.60 Å². The number of rotatable bonds is 5. The van der Waals surface area contributed by atoms with Gasteiger partial charge in [0, 0.05) is 13.1 Å². The molecule has 1 fully saturated rings. The number of amides is 1. The molecular weight excluding hydrogens is 483 g/mol. The molecular formula is C24H30Cl2N2O4S. The summed E-state index contributed by atoms with van der Waals surface area (Å²) >= 11 is 12.4. The third-order valence-electron chi connectivity index (χ3n) is 5.54. The minimum absolute atomic E-state index is 0.0891. The summed E-state index contributed by atoms with van der Waals surface area (Å²) in [4.78, 5) is 14.0. The Morgan fingerprint density at radius 1 is 1.09 bits per heavy atom. The Kier molecular flexibility index (Phi) is 7.87. The summed E-state index contributed by atoms with van der Waals surface area (Å²) in [7, 11) is -3.54. The van der Waals surface area contributed by atoms with E-state index in [4.69, 9.17) is 27.9 Å². The highest BCUT2D eigenvalue weighted by atomic mass is 35.5. The van der Waals surface area contributed by atoms with Gasteiger partial charge in [0.25, 0.3) is 0 Å². The lowest BCUT2D eigenvalue weighted by molar-refractivity contribution is 0.0205. The Hall–Kier alpha value is -1.96. The molecule has 1 aliphatic rings. The molecule has 0 bridgehead atoms. The van der Waals surface area contributed by atoms with Gasteiger partial charge in [-0.15, -0.1) is 0 Å². The molecule has 33 heavy (non-hydrogen) atoms. The quantitative estimate of drug-likeness (QED) is 0.487. The molecule has 3 rings (SSSR count). The summed E-state index contributed by atoms with van der Waals surface area (Å²) < 4.78 is 31.8. The fraction of sp³-hybridized carbons (Fsp3) is 0.458. The molecule has 1 amide bonds. The van der Waals surface area contributed by atoms with Crippen molar-refractivity contribution in [3.8, 4) is 0 Å². The minimum Gasteiger partial charge on any atom is -0.444 e. The van der Waals surface area contributed by atoms with E-state index >= 15 is 0 Å². The molecule has 2 aromatic carbocycles. The second-order valence-corrected chi connectivity index (χ2v) is 12.0. The van der Waals surface area contributed by atoms with Gasteiger partial charge in [-0.2, -0.15) is 0 Å². The van der Waals surface area contributed by atoms with Crippen LogP contribution in [0.4, 0.5) is 10.5 Å². The normalized spacial score (nSPS) is 15.4. The van der Waals surface area contributed by atoms with Gasteiger partial charge in [0.05, 0.1) is 28.5 Å². The fourth-order valence-electron chi connectivity index (χ4n) is 3.86. The van der Waals surface area contributed by atoms with Gasteiger partial charge in [-0.05, 0) is 68.9 Å². The van der Waals surface area contributed by atoms with E-state index in [-0.39, 0.29) is 12.6 Å². The Labute approximate surface area is 206 Å². The monoisotopic (exact) mass is 512 g/mol. The van der Waals surface area contributed by atoms with Crippen LogP contribution in [0.25, 0.3) is 0 Å². The van der Waals surface area contributed by atoms with E-state index in [2.05, 4.69) is 0 Å². The number of piperidine rings is 1. The molecule has 0 saturated carbocycles.